The maximum atomic E-state index is 9.04. The molecule has 10 heavy (non-hydrogen) atoms. The van der Waals surface area contributed by atoms with Gasteiger partial charge in [0.15, 0.2) is 0 Å². The summed E-state index contributed by atoms with van der Waals surface area (Å²) < 4.78 is 0. The third-order valence-corrected chi connectivity index (χ3v) is 1.75. The molecule has 3 nitrogen and oxygen atoms in total. The van der Waals surface area contributed by atoms with E-state index in [2.05, 4.69) is 10.6 Å². The molecule has 0 aliphatic carbocycles. The molecule has 2 atom stereocenters. The molecule has 0 aromatic heterocycles. The fourth-order valence-electron chi connectivity index (χ4n) is 1.29. The van der Waals surface area contributed by atoms with Gasteiger partial charge in [0, 0.05) is 25.7 Å². The molecule has 1 rings (SSSR count). The normalized spacial score (nSPS) is 30.0. The second-order valence-electron chi connectivity index (χ2n) is 2.94. The van der Waals surface area contributed by atoms with E-state index in [4.69, 9.17) is 5.11 Å². The topological polar surface area (TPSA) is 44.3 Å². The van der Waals surface area contributed by atoms with Crippen molar-refractivity contribution in [1.82, 2.24) is 10.6 Å². The lowest BCUT2D eigenvalue weighted by atomic mass is 10.1. The van der Waals surface area contributed by atoms with Gasteiger partial charge in [0.2, 0.25) is 0 Å². The maximum absolute atomic E-state index is 9.04. The first-order valence-corrected chi connectivity index (χ1v) is 3.91. The Bertz CT molecular complexity index is 89.6. The Morgan fingerprint density at radius 1 is 1.60 bits per heavy atom. The predicted octanol–water partition coefficient (Wildman–Crippen LogP) is -0.681. The van der Waals surface area contributed by atoms with E-state index in [1.165, 1.54) is 0 Å². The van der Waals surface area contributed by atoms with Crippen LogP contribution in [0.25, 0.3) is 0 Å². The van der Waals surface area contributed by atoms with Gasteiger partial charge in [-0.2, -0.15) is 0 Å². The Balaban J connectivity index is 2.13. The van der Waals surface area contributed by atoms with Crippen LogP contribution in [0.2, 0.25) is 0 Å². The molecular weight excluding hydrogens is 128 g/mol. The summed E-state index contributed by atoms with van der Waals surface area (Å²) in [5.74, 6) is 0. The first kappa shape index (κ1) is 7.98. The van der Waals surface area contributed by atoms with Crippen molar-refractivity contribution >= 4 is 0 Å². The summed E-state index contributed by atoms with van der Waals surface area (Å²) in [5, 5.41) is 15.6. The molecular formula is C7H16N2O. The zero-order valence-corrected chi connectivity index (χ0v) is 6.43. The lowest BCUT2D eigenvalue weighted by Crippen LogP contribution is -2.49. The quantitative estimate of drug-likeness (QED) is 0.481. The van der Waals surface area contributed by atoms with Gasteiger partial charge < -0.3 is 15.7 Å². The highest BCUT2D eigenvalue weighted by atomic mass is 16.3. The van der Waals surface area contributed by atoms with Crippen molar-refractivity contribution in [2.24, 2.45) is 0 Å². The average molecular weight is 144 g/mol. The number of aliphatic hydroxyl groups excluding tert-OH is 1. The van der Waals surface area contributed by atoms with Crippen molar-refractivity contribution in [1.29, 1.82) is 0 Å². The van der Waals surface area contributed by atoms with Crippen LogP contribution in [-0.4, -0.2) is 36.9 Å². The lowest BCUT2D eigenvalue weighted by Gasteiger charge is -2.25. The van der Waals surface area contributed by atoms with Gasteiger partial charge in [0.1, 0.15) is 0 Å². The van der Waals surface area contributed by atoms with Gasteiger partial charge in [-0.15, -0.1) is 0 Å². The lowest BCUT2D eigenvalue weighted by molar-refractivity contribution is 0.163. The largest absolute Gasteiger partial charge is 0.393 e. The number of nitrogens with one attached hydrogen (secondary N) is 2. The molecule has 3 heteroatoms. The smallest absolute Gasteiger partial charge is 0.0527 e. The summed E-state index contributed by atoms with van der Waals surface area (Å²) in [6.07, 6.45) is 0.671. The van der Waals surface area contributed by atoms with Gasteiger partial charge >= 0.3 is 0 Å². The monoisotopic (exact) mass is 144 g/mol. The van der Waals surface area contributed by atoms with Crippen LogP contribution >= 0.6 is 0 Å². The SMILES string of the molecule is C[C@H](O)CC1CNCCN1. The van der Waals surface area contributed by atoms with Gasteiger partial charge in [-0.1, -0.05) is 0 Å². The minimum atomic E-state index is -0.183. The highest BCUT2D eigenvalue weighted by Crippen LogP contribution is 1.97. The molecule has 0 radical (unpaired) electrons. The van der Waals surface area contributed by atoms with Gasteiger partial charge in [-0.3, -0.25) is 0 Å². The first-order chi connectivity index (χ1) is 4.79. The number of aliphatic hydroxyl groups is 1. The van der Waals surface area contributed by atoms with Crippen molar-refractivity contribution in [2.45, 2.75) is 25.5 Å². The molecule has 0 aromatic carbocycles. The van der Waals surface area contributed by atoms with Gasteiger partial charge in [-0.05, 0) is 13.3 Å². The fraction of sp³-hybridized carbons (Fsp3) is 1.00. The minimum absolute atomic E-state index is 0.183. The molecule has 0 spiro atoms. The number of hydrogen-bond acceptors (Lipinski definition) is 3. The van der Waals surface area contributed by atoms with Crippen molar-refractivity contribution < 1.29 is 5.11 Å². The van der Waals surface area contributed by atoms with Crippen LogP contribution in [0.3, 0.4) is 0 Å². The van der Waals surface area contributed by atoms with Gasteiger partial charge in [0.25, 0.3) is 0 Å². The van der Waals surface area contributed by atoms with Crippen molar-refractivity contribution in [3.8, 4) is 0 Å². The van der Waals surface area contributed by atoms with Gasteiger partial charge in [-0.25, -0.2) is 0 Å². The zero-order valence-electron chi connectivity index (χ0n) is 6.43. The summed E-state index contributed by atoms with van der Waals surface area (Å²) in [6, 6.07) is 0.466. The van der Waals surface area contributed by atoms with E-state index < -0.39 is 0 Å². The Hall–Kier alpha value is -0.120. The molecule has 1 fully saturated rings. The molecule has 0 aromatic rings. The predicted molar refractivity (Wildman–Crippen MR) is 41.0 cm³/mol. The van der Waals surface area contributed by atoms with E-state index in [-0.39, 0.29) is 6.10 Å². The van der Waals surface area contributed by atoms with E-state index in [0.717, 1.165) is 26.1 Å². The Morgan fingerprint density at radius 2 is 2.40 bits per heavy atom. The molecule has 0 saturated carbocycles. The van der Waals surface area contributed by atoms with Crippen LogP contribution in [0.15, 0.2) is 0 Å². The summed E-state index contributed by atoms with van der Waals surface area (Å²) in [6.45, 7) is 4.90. The van der Waals surface area contributed by atoms with E-state index in [1.807, 2.05) is 6.92 Å². The van der Waals surface area contributed by atoms with Crippen LogP contribution in [-0.2, 0) is 0 Å². The first-order valence-electron chi connectivity index (χ1n) is 3.91. The minimum Gasteiger partial charge on any atom is -0.393 e. The molecule has 0 bridgehead atoms. The molecule has 1 heterocycles. The highest BCUT2D eigenvalue weighted by molar-refractivity contribution is 4.76. The molecule has 60 valence electrons. The standard InChI is InChI=1S/C7H16N2O/c1-6(10)4-7-5-8-2-3-9-7/h6-10H,2-5H2,1H3/t6-,7?/m0/s1. The van der Waals surface area contributed by atoms with Crippen molar-refractivity contribution in [3.05, 3.63) is 0 Å². The summed E-state index contributed by atoms with van der Waals surface area (Å²) in [4.78, 5) is 0. The average Bonchev–Trinajstić information content (AvgIpc) is 1.88. The number of hydrogen-bond donors (Lipinski definition) is 3. The molecule has 1 unspecified atom stereocenters. The number of rotatable bonds is 2. The van der Waals surface area contributed by atoms with E-state index in [0.29, 0.717) is 6.04 Å². The number of piperazine rings is 1. The Kier molecular flexibility index (Phi) is 3.12. The zero-order chi connectivity index (χ0) is 7.40. The summed E-state index contributed by atoms with van der Waals surface area (Å²) in [5.41, 5.74) is 0. The molecule has 1 aliphatic rings. The van der Waals surface area contributed by atoms with E-state index in [1.54, 1.807) is 0 Å². The van der Waals surface area contributed by atoms with E-state index in [9.17, 15) is 0 Å². The van der Waals surface area contributed by atoms with Crippen LogP contribution in [0, 0.1) is 0 Å². The van der Waals surface area contributed by atoms with Crippen LogP contribution in [0.4, 0.5) is 0 Å². The summed E-state index contributed by atoms with van der Waals surface area (Å²) >= 11 is 0. The fourth-order valence-corrected chi connectivity index (χ4v) is 1.29. The van der Waals surface area contributed by atoms with Crippen LogP contribution < -0.4 is 10.6 Å². The molecule has 1 saturated heterocycles. The summed E-state index contributed by atoms with van der Waals surface area (Å²) in [7, 11) is 0. The highest BCUT2D eigenvalue weighted by Gasteiger charge is 2.13. The third-order valence-electron chi connectivity index (χ3n) is 1.75. The van der Waals surface area contributed by atoms with E-state index >= 15 is 0 Å². The maximum Gasteiger partial charge on any atom is 0.0527 e. The molecule has 0 amide bonds. The van der Waals surface area contributed by atoms with Gasteiger partial charge in [0.05, 0.1) is 6.10 Å². The molecule has 1 aliphatic heterocycles. The Morgan fingerprint density at radius 3 is 2.90 bits per heavy atom. The van der Waals surface area contributed by atoms with Crippen LogP contribution in [0.5, 0.6) is 0 Å². The van der Waals surface area contributed by atoms with Crippen LogP contribution in [0.1, 0.15) is 13.3 Å². The van der Waals surface area contributed by atoms with Crippen molar-refractivity contribution in [2.75, 3.05) is 19.6 Å². The molecule has 3 N–H and O–H groups in total. The second kappa shape index (κ2) is 3.91. The second-order valence-corrected chi connectivity index (χ2v) is 2.94. The Labute approximate surface area is 61.8 Å². The van der Waals surface area contributed by atoms with Crippen molar-refractivity contribution in [3.63, 3.8) is 0 Å². The third kappa shape index (κ3) is 2.64.